The number of nitrogens with zero attached hydrogens (tertiary/aromatic N) is 1. The Labute approximate surface area is 282 Å². The highest BCUT2D eigenvalue weighted by atomic mass is 32.1. The number of benzene rings is 5. The summed E-state index contributed by atoms with van der Waals surface area (Å²) in [5.41, 5.74) is -4.34. The second-order valence-electron chi connectivity index (χ2n) is 13.2. The van der Waals surface area contributed by atoms with Crippen molar-refractivity contribution in [1.29, 1.82) is 0 Å². The quantitative estimate of drug-likeness (QED) is 0.0918. The second kappa shape index (κ2) is 12.0. The summed E-state index contributed by atoms with van der Waals surface area (Å²) in [4.78, 5) is 0. The summed E-state index contributed by atoms with van der Waals surface area (Å²) in [5.74, 6) is -17.2. The van der Waals surface area contributed by atoms with E-state index in [1.54, 1.807) is 6.07 Å². The van der Waals surface area contributed by atoms with Crippen molar-refractivity contribution in [3.63, 3.8) is 0 Å². The Morgan fingerprint density at radius 2 is 1.02 bits per heavy atom. The van der Waals surface area contributed by atoms with E-state index in [0.717, 1.165) is 22.2 Å². The van der Waals surface area contributed by atoms with E-state index in [1.807, 2.05) is 66.9 Å². The highest BCUT2D eigenvalue weighted by Gasteiger charge is 2.35. The van der Waals surface area contributed by atoms with Crippen LogP contribution in [0.3, 0.4) is 0 Å². The Morgan fingerprint density at radius 1 is 0.551 bits per heavy atom. The van der Waals surface area contributed by atoms with Crippen LogP contribution in [0.15, 0.2) is 66.7 Å². The molecular formula is C37H29F8N3S. The van der Waals surface area contributed by atoms with Gasteiger partial charge < -0.3 is 15.2 Å². The largest absolute Gasteiger partial charge is 0.376 e. The molecule has 0 aliphatic carbocycles. The predicted molar refractivity (Wildman–Crippen MR) is 181 cm³/mol. The summed E-state index contributed by atoms with van der Waals surface area (Å²) in [5, 5.41) is 5.93. The molecule has 3 nitrogen and oxygen atoms in total. The number of halogens is 8. The fourth-order valence-corrected chi connectivity index (χ4v) is 5.92. The van der Waals surface area contributed by atoms with Gasteiger partial charge >= 0.3 is 0 Å². The Hall–Kier alpha value is -4.71. The lowest BCUT2D eigenvalue weighted by Gasteiger charge is -2.24. The monoisotopic (exact) mass is 699 g/mol. The van der Waals surface area contributed by atoms with Gasteiger partial charge in [0.15, 0.2) is 46.5 Å². The number of nitrogens with one attached hydrogen (secondary N) is 2. The maximum absolute atomic E-state index is 15.5. The minimum atomic E-state index is -2.27. The SMILES string of the molecule is CC(C)(C)Nc1c(F)c(F)c(-c2c(F)c(F)c(Nc3ccc4c(c3)c3cc(C(C)(C)S)ccc3n4-c3ccccc3)c(F)c2F)c(F)c1F. The zero-order chi connectivity index (χ0) is 35.7. The molecular weight excluding hydrogens is 670 g/mol. The number of hydrogen-bond acceptors (Lipinski definition) is 3. The van der Waals surface area contributed by atoms with E-state index in [-0.39, 0.29) is 5.69 Å². The smallest absolute Gasteiger partial charge is 0.186 e. The molecule has 0 unspecified atom stereocenters. The fourth-order valence-electron chi connectivity index (χ4n) is 5.78. The molecule has 0 fully saturated rings. The van der Waals surface area contributed by atoms with Crippen molar-refractivity contribution in [2.75, 3.05) is 10.6 Å². The third-order valence-electron chi connectivity index (χ3n) is 8.03. The van der Waals surface area contributed by atoms with Gasteiger partial charge in [0.25, 0.3) is 0 Å². The molecule has 0 bridgehead atoms. The molecule has 0 saturated heterocycles. The third-order valence-corrected chi connectivity index (χ3v) is 8.29. The van der Waals surface area contributed by atoms with Crippen molar-refractivity contribution in [2.45, 2.75) is 44.9 Å². The van der Waals surface area contributed by atoms with Gasteiger partial charge in [-0.2, -0.15) is 12.6 Å². The van der Waals surface area contributed by atoms with Crippen LogP contribution in [0.5, 0.6) is 0 Å². The Kier molecular flexibility index (Phi) is 8.37. The van der Waals surface area contributed by atoms with E-state index in [9.17, 15) is 8.78 Å². The van der Waals surface area contributed by atoms with Crippen molar-refractivity contribution in [3.8, 4) is 16.8 Å². The van der Waals surface area contributed by atoms with E-state index in [0.29, 0.717) is 10.9 Å². The minimum absolute atomic E-state index is 0.00607. The van der Waals surface area contributed by atoms with Crippen molar-refractivity contribution in [1.82, 2.24) is 4.57 Å². The molecule has 0 atom stereocenters. The van der Waals surface area contributed by atoms with Crippen LogP contribution in [0.2, 0.25) is 0 Å². The Bertz CT molecular complexity index is 2230. The molecule has 1 heterocycles. The van der Waals surface area contributed by atoms with Gasteiger partial charge in [-0.05, 0) is 82.6 Å². The van der Waals surface area contributed by atoms with Crippen LogP contribution in [-0.4, -0.2) is 10.1 Å². The fraction of sp³-hybridized carbons (Fsp3) is 0.189. The predicted octanol–water partition coefficient (Wildman–Crippen LogP) is 11.7. The first-order chi connectivity index (χ1) is 22.9. The van der Waals surface area contributed by atoms with Crippen LogP contribution in [0, 0.1) is 46.5 Å². The molecule has 254 valence electrons. The van der Waals surface area contributed by atoms with Crippen LogP contribution >= 0.6 is 12.6 Å². The van der Waals surface area contributed by atoms with Crippen molar-refractivity contribution in [3.05, 3.63) is 119 Å². The maximum atomic E-state index is 15.5. The Balaban J connectivity index is 1.50. The average molecular weight is 700 g/mol. The molecule has 0 amide bonds. The molecule has 49 heavy (non-hydrogen) atoms. The first-order valence-electron chi connectivity index (χ1n) is 15.0. The average Bonchev–Trinajstić information content (AvgIpc) is 3.37. The van der Waals surface area contributed by atoms with Crippen LogP contribution in [0.1, 0.15) is 40.2 Å². The molecule has 0 saturated carbocycles. The standard InChI is InChI=1S/C37H29F8N3S/c1-36(2,3)47-35-32(44)28(40)25(29(41)33(35)45)24-26(38)30(42)34(31(43)27(24)39)46-18-12-14-23-21(16-18)20-15-17(37(4,5)49)11-13-22(20)48(23)19-9-7-6-8-10-19/h6-16,46-47,49H,1-5H3. The van der Waals surface area contributed by atoms with Gasteiger partial charge in [0.2, 0.25) is 0 Å². The lowest BCUT2D eigenvalue weighted by atomic mass is 9.99. The number of anilines is 3. The number of aromatic nitrogens is 1. The zero-order valence-corrected chi connectivity index (χ0v) is 27.7. The normalized spacial score (nSPS) is 12.3. The van der Waals surface area contributed by atoms with Crippen LogP contribution in [0.25, 0.3) is 38.6 Å². The van der Waals surface area contributed by atoms with E-state index in [4.69, 9.17) is 0 Å². The highest BCUT2D eigenvalue weighted by Crippen LogP contribution is 2.43. The lowest BCUT2D eigenvalue weighted by molar-refractivity contribution is 0.444. The minimum Gasteiger partial charge on any atom is -0.376 e. The summed E-state index contributed by atoms with van der Waals surface area (Å²) in [7, 11) is 0. The zero-order valence-electron chi connectivity index (χ0n) is 26.8. The van der Waals surface area contributed by atoms with Gasteiger partial charge in [-0.1, -0.05) is 24.3 Å². The topological polar surface area (TPSA) is 29.0 Å². The van der Waals surface area contributed by atoms with Crippen molar-refractivity contribution < 1.29 is 35.1 Å². The van der Waals surface area contributed by atoms with Gasteiger partial charge in [0, 0.05) is 32.4 Å². The summed E-state index contributed by atoms with van der Waals surface area (Å²) in [6.45, 7) is 8.13. The van der Waals surface area contributed by atoms with Crippen LogP contribution in [0.4, 0.5) is 52.2 Å². The molecule has 0 aliphatic heterocycles. The van der Waals surface area contributed by atoms with Gasteiger partial charge in [-0.3, -0.25) is 0 Å². The first kappa shape index (κ1) is 34.2. The summed E-state index contributed by atoms with van der Waals surface area (Å²) >= 11 is 4.68. The number of thiol groups is 1. The molecule has 5 aromatic carbocycles. The van der Waals surface area contributed by atoms with Crippen molar-refractivity contribution >= 4 is 51.5 Å². The molecule has 6 aromatic rings. The van der Waals surface area contributed by atoms with Crippen LogP contribution in [-0.2, 0) is 4.75 Å². The van der Waals surface area contributed by atoms with E-state index >= 15 is 26.3 Å². The van der Waals surface area contributed by atoms with Crippen molar-refractivity contribution in [2.24, 2.45) is 0 Å². The second-order valence-corrected chi connectivity index (χ2v) is 14.3. The molecule has 0 radical (unpaired) electrons. The molecule has 12 heteroatoms. The summed E-state index contributed by atoms with van der Waals surface area (Å²) in [6, 6.07) is 19.8. The van der Waals surface area contributed by atoms with Gasteiger partial charge in [0.1, 0.15) is 11.4 Å². The van der Waals surface area contributed by atoms with Gasteiger partial charge in [-0.15, -0.1) is 0 Å². The number of para-hydroxylation sites is 1. The molecule has 0 aliphatic rings. The number of rotatable bonds is 6. The van der Waals surface area contributed by atoms with E-state index in [1.165, 1.54) is 32.9 Å². The first-order valence-corrected chi connectivity index (χ1v) is 15.5. The highest BCUT2D eigenvalue weighted by molar-refractivity contribution is 7.81. The summed E-state index contributed by atoms with van der Waals surface area (Å²) in [6.07, 6.45) is 0. The van der Waals surface area contributed by atoms with Gasteiger partial charge in [0.05, 0.1) is 22.2 Å². The molecule has 1 aromatic heterocycles. The third kappa shape index (κ3) is 5.85. The van der Waals surface area contributed by atoms with Gasteiger partial charge in [-0.25, -0.2) is 35.1 Å². The number of fused-ring (bicyclic) bond motifs is 3. The van der Waals surface area contributed by atoms with Crippen LogP contribution < -0.4 is 10.6 Å². The van der Waals surface area contributed by atoms with E-state index in [2.05, 4.69) is 23.3 Å². The lowest BCUT2D eigenvalue weighted by Crippen LogP contribution is -2.28. The molecule has 0 spiro atoms. The maximum Gasteiger partial charge on any atom is 0.186 e. The molecule has 2 N–H and O–H groups in total. The summed E-state index contributed by atoms with van der Waals surface area (Å²) < 4.78 is 123. The number of hydrogen-bond donors (Lipinski definition) is 3. The Morgan fingerprint density at radius 3 is 1.51 bits per heavy atom. The molecule has 6 rings (SSSR count). The van der Waals surface area contributed by atoms with E-state index < -0.39 is 79.3 Å².